The Hall–Kier alpha value is -2.32. The van der Waals surface area contributed by atoms with Gasteiger partial charge in [-0.15, -0.1) is 0 Å². The van der Waals surface area contributed by atoms with E-state index in [0.717, 1.165) is 11.1 Å². The van der Waals surface area contributed by atoms with E-state index in [1.165, 1.54) is 5.57 Å². The van der Waals surface area contributed by atoms with Gasteiger partial charge in [-0.05, 0) is 47.9 Å². The Labute approximate surface area is 137 Å². The number of hydrogen-bond acceptors (Lipinski definition) is 2. The molecule has 4 nitrogen and oxygen atoms in total. The van der Waals surface area contributed by atoms with Crippen LogP contribution in [0.15, 0.2) is 52.7 Å². The van der Waals surface area contributed by atoms with Crippen molar-refractivity contribution in [3.05, 3.63) is 63.6 Å². The minimum absolute atomic E-state index is 0.0203. The molecule has 1 atom stereocenters. The van der Waals surface area contributed by atoms with Gasteiger partial charge in [-0.3, -0.25) is 4.79 Å². The van der Waals surface area contributed by atoms with Gasteiger partial charge in [0.05, 0.1) is 5.41 Å². The third-order valence-electron chi connectivity index (χ3n) is 4.29. The molecule has 0 saturated carbocycles. The van der Waals surface area contributed by atoms with Crippen LogP contribution in [0, 0.1) is 10.8 Å². The first-order chi connectivity index (χ1) is 10.7. The number of allylic oxidation sites excluding steroid dienone is 4. The van der Waals surface area contributed by atoms with Gasteiger partial charge in [0.15, 0.2) is 5.78 Å². The van der Waals surface area contributed by atoms with E-state index in [1.54, 1.807) is 6.07 Å². The van der Waals surface area contributed by atoms with Crippen LogP contribution in [0.25, 0.3) is 10.4 Å². The van der Waals surface area contributed by atoms with Crippen LogP contribution in [0.4, 0.5) is 5.69 Å². The summed E-state index contributed by atoms with van der Waals surface area (Å²) in [5, 5.41) is 3.75. The van der Waals surface area contributed by atoms with Crippen molar-refractivity contribution < 1.29 is 4.79 Å². The maximum Gasteiger partial charge on any atom is 0.168 e. The molecular weight excluding hydrogens is 286 g/mol. The number of hydrogen-bond donors (Lipinski definition) is 0. The summed E-state index contributed by atoms with van der Waals surface area (Å²) in [5.41, 5.74) is 11.5. The summed E-state index contributed by atoms with van der Waals surface area (Å²) in [4.78, 5) is 15.7. The average molecular weight is 309 g/mol. The topological polar surface area (TPSA) is 65.8 Å². The van der Waals surface area contributed by atoms with Crippen molar-refractivity contribution in [3.63, 3.8) is 0 Å². The molecule has 1 aliphatic rings. The van der Waals surface area contributed by atoms with E-state index in [-0.39, 0.29) is 11.2 Å². The van der Waals surface area contributed by atoms with Gasteiger partial charge in [0.2, 0.25) is 0 Å². The molecule has 23 heavy (non-hydrogen) atoms. The summed E-state index contributed by atoms with van der Waals surface area (Å²) >= 11 is 0. The molecule has 0 spiro atoms. The van der Waals surface area contributed by atoms with E-state index < -0.39 is 5.41 Å². The number of azide groups is 1. The lowest BCUT2D eigenvalue weighted by molar-refractivity contribution is -0.122. The summed E-state index contributed by atoms with van der Waals surface area (Å²) in [6.45, 7) is 10.3. The number of rotatable bonds is 3. The second-order valence-electron chi connectivity index (χ2n) is 7.42. The zero-order valence-corrected chi connectivity index (χ0v) is 14.4. The smallest absolute Gasteiger partial charge is 0.168 e. The van der Waals surface area contributed by atoms with Crippen LogP contribution in [0.5, 0.6) is 0 Å². The van der Waals surface area contributed by atoms with Crippen LogP contribution >= 0.6 is 0 Å². The Balaban J connectivity index is 2.49. The molecule has 0 radical (unpaired) electrons. The maximum absolute atomic E-state index is 12.8. The Morgan fingerprint density at radius 3 is 2.52 bits per heavy atom. The largest absolute Gasteiger partial charge is 0.294 e. The Morgan fingerprint density at radius 2 is 1.91 bits per heavy atom. The summed E-state index contributed by atoms with van der Waals surface area (Å²) < 4.78 is 0. The van der Waals surface area contributed by atoms with Crippen molar-refractivity contribution in [3.8, 4) is 0 Å². The second-order valence-corrected chi connectivity index (χ2v) is 7.42. The Bertz CT molecular complexity index is 746. The number of benzene rings is 1. The zero-order chi connectivity index (χ0) is 17.3. The van der Waals surface area contributed by atoms with Crippen molar-refractivity contribution in [2.24, 2.45) is 15.9 Å². The molecule has 120 valence electrons. The lowest BCUT2D eigenvalue weighted by Crippen LogP contribution is -2.33. The number of ketones is 1. The summed E-state index contributed by atoms with van der Waals surface area (Å²) in [6.07, 6.45) is 4.59. The highest BCUT2D eigenvalue weighted by atomic mass is 16.1. The molecule has 1 unspecified atom stereocenters. The first kappa shape index (κ1) is 17.0. The molecule has 0 aromatic heterocycles. The fourth-order valence-electron chi connectivity index (χ4n) is 2.97. The molecule has 0 bridgehead atoms. The van der Waals surface area contributed by atoms with Crippen molar-refractivity contribution >= 4 is 11.5 Å². The van der Waals surface area contributed by atoms with E-state index in [1.807, 2.05) is 38.1 Å². The van der Waals surface area contributed by atoms with Crippen LogP contribution in [0.1, 0.15) is 40.2 Å². The highest BCUT2D eigenvalue weighted by Gasteiger charge is 2.37. The highest BCUT2D eigenvalue weighted by molar-refractivity contribution is 6.02. The van der Waals surface area contributed by atoms with Crippen LogP contribution in [0.3, 0.4) is 0 Å². The van der Waals surface area contributed by atoms with Gasteiger partial charge in [-0.2, -0.15) is 0 Å². The first-order valence-corrected chi connectivity index (χ1v) is 7.77. The molecule has 1 aromatic rings. The zero-order valence-electron chi connectivity index (χ0n) is 14.4. The molecule has 1 aromatic carbocycles. The molecule has 1 aliphatic carbocycles. The third kappa shape index (κ3) is 3.54. The number of nitrogens with zero attached hydrogens (tertiary/aromatic N) is 3. The van der Waals surface area contributed by atoms with Gasteiger partial charge in [0.25, 0.3) is 0 Å². The molecular formula is C19H23N3O. The number of Topliss-reactive ketones (excluding diaryl/α,β-unsaturated/α-hetero) is 1. The lowest BCUT2D eigenvalue weighted by atomic mass is 9.69. The van der Waals surface area contributed by atoms with Gasteiger partial charge in [-0.1, -0.05) is 62.3 Å². The van der Waals surface area contributed by atoms with Crippen LogP contribution in [-0.2, 0) is 11.2 Å². The highest BCUT2D eigenvalue weighted by Crippen LogP contribution is 2.40. The molecule has 0 fully saturated rings. The monoisotopic (exact) mass is 309 g/mol. The molecule has 2 rings (SSSR count). The predicted octanol–water partition coefficient (Wildman–Crippen LogP) is 5.68. The van der Waals surface area contributed by atoms with Crippen LogP contribution < -0.4 is 0 Å². The quantitative estimate of drug-likeness (QED) is 0.402. The minimum Gasteiger partial charge on any atom is -0.294 e. The van der Waals surface area contributed by atoms with Crippen molar-refractivity contribution in [2.75, 3.05) is 0 Å². The average Bonchev–Trinajstić information content (AvgIpc) is 2.46. The van der Waals surface area contributed by atoms with Gasteiger partial charge < -0.3 is 0 Å². The third-order valence-corrected chi connectivity index (χ3v) is 4.29. The van der Waals surface area contributed by atoms with Crippen molar-refractivity contribution in [1.82, 2.24) is 0 Å². The van der Waals surface area contributed by atoms with E-state index in [9.17, 15) is 4.79 Å². The van der Waals surface area contributed by atoms with E-state index in [0.29, 0.717) is 12.1 Å². The first-order valence-electron chi connectivity index (χ1n) is 7.77. The minimum atomic E-state index is -0.622. The molecule has 0 saturated heterocycles. The second kappa shape index (κ2) is 6.05. The number of carbonyl (C=O) groups is 1. The summed E-state index contributed by atoms with van der Waals surface area (Å²) in [6, 6.07) is 7.43. The van der Waals surface area contributed by atoms with Crippen LogP contribution in [-0.4, -0.2) is 5.78 Å². The molecule has 4 heteroatoms. The van der Waals surface area contributed by atoms with E-state index in [2.05, 4.69) is 36.9 Å². The summed E-state index contributed by atoms with van der Waals surface area (Å²) in [5.74, 6) is 0.126. The van der Waals surface area contributed by atoms with E-state index in [4.69, 9.17) is 5.53 Å². The SMILES string of the molecule is CC1=CC(C(C)(C)C)=CC(C)(Cc2ccccc2N=[N+]=[N-])C1=O. The Morgan fingerprint density at radius 1 is 1.26 bits per heavy atom. The fourth-order valence-corrected chi connectivity index (χ4v) is 2.97. The molecule has 0 heterocycles. The normalized spacial score (nSPS) is 21.3. The fraction of sp³-hybridized carbons (Fsp3) is 0.421. The molecule has 0 amide bonds. The molecule has 0 N–H and O–H groups in total. The maximum atomic E-state index is 12.8. The van der Waals surface area contributed by atoms with Crippen LogP contribution in [0.2, 0.25) is 0 Å². The van der Waals surface area contributed by atoms with Gasteiger partial charge in [0.1, 0.15) is 0 Å². The summed E-state index contributed by atoms with van der Waals surface area (Å²) in [7, 11) is 0. The van der Waals surface area contributed by atoms with Crippen molar-refractivity contribution in [2.45, 2.75) is 41.0 Å². The van der Waals surface area contributed by atoms with Gasteiger partial charge >= 0.3 is 0 Å². The Kier molecular flexibility index (Phi) is 4.49. The number of carbonyl (C=O) groups excluding carboxylic acids is 1. The lowest BCUT2D eigenvalue weighted by Gasteiger charge is -2.34. The van der Waals surface area contributed by atoms with Crippen molar-refractivity contribution in [1.29, 1.82) is 0 Å². The molecule has 0 aliphatic heterocycles. The van der Waals surface area contributed by atoms with Gasteiger partial charge in [0, 0.05) is 10.6 Å². The van der Waals surface area contributed by atoms with E-state index >= 15 is 0 Å². The van der Waals surface area contributed by atoms with Gasteiger partial charge in [-0.25, -0.2) is 0 Å². The standard InChI is InChI=1S/C19H23N3O/c1-13-10-15(18(2,3)4)12-19(5,17(13)23)11-14-8-6-7-9-16(14)21-22-20/h6-10,12H,11H2,1-5H3. The predicted molar refractivity (Wildman–Crippen MR) is 93.4 cm³/mol.